The number of benzene rings is 1. The van der Waals surface area contributed by atoms with Crippen LogP contribution in [0.2, 0.25) is 0 Å². The van der Waals surface area contributed by atoms with Gasteiger partial charge in [-0.25, -0.2) is 0 Å². The van der Waals surface area contributed by atoms with Crippen molar-refractivity contribution in [2.24, 2.45) is 11.1 Å². The molecule has 1 aliphatic rings. The molecule has 4 heteroatoms. The third-order valence-corrected chi connectivity index (χ3v) is 5.11. The van der Waals surface area contributed by atoms with Crippen LogP contribution in [0.1, 0.15) is 38.3 Å². The van der Waals surface area contributed by atoms with Crippen molar-refractivity contribution in [3.8, 4) is 0 Å². The largest absolute Gasteiger partial charge is 0.378 e. The maximum atomic E-state index is 13.0. The first kappa shape index (κ1) is 17.0. The molecule has 4 nitrogen and oxygen atoms in total. The molecule has 0 bridgehead atoms. The van der Waals surface area contributed by atoms with Gasteiger partial charge in [-0.2, -0.15) is 0 Å². The predicted octanol–water partition coefficient (Wildman–Crippen LogP) is 2.80. The first-order valence-electron chi connectivity index (χ1n) is 7.90. The first-order valence-corrected chi connectivity index (χ1v) is 7.90. The van der Waals surface area contributed by atoms with Crippen LogP contribution in [-0.2, 0) is 9.53 Å². The number of ether oxygens (including phenoxy) is 1. The topological polar surface area (TPSA) is 55.6 Å². The second-order valence-electron chi connectivity index (χ2n) is 7.05. The Morgan fingerprint density at radius 2 is 1.86 bits per heavy atom. The van der Waals surface area contributed by atoms with E-state index in [2.05, 4.69) is 6.07 Å². The summed E-state index contributed by atoms with van der Waals surface area (Å²) in [5, 5.41) is 0. The summed E-state index contributed by atoms with van der Waals surface area (Å²) in [4.78, 5) is 14.7. The van der Waals surface area contributed by atoms with E-state index < -0.39 is 5.54 Å². The molecule has 22 heavy (non-hydrogen) atoms. The van der Waals surface area contributed by atoms with Gasteiger partial charge in [-0.05, 0) is 44.0 Å². The Kier molecular flexibility index (Phi) is 4.37. The number of hydrogen-bond acceptors (Lipinski definition) is 3. The number of carbonyl (C=O) groups excluding carboxylic acids is 1. The Bertz CT molecular complexity index is 562. The number of hydrogen-bond donors (Lipinski definition) is 1. The molecule has 1 aromatic rings. The van der Waals surface area contributed by atoms with Gasteiger partial charge < -0.3 is 15.4 Å². The zero-order valence-electron chi connectivity index (χ0n) is 14.6. The minimum absolute atomic E-state index is 0.0408. The van der Waals surface area contributed by atoms with Gasteiger partial charge in [-0.1, -0.05) is 19.9 Å². The third-order valence-electron chi connectivity index (χ3n) is 5.11. The van der Waals surface area contributed by atoms with Crippen molar-refractivity contribution >= 4 is 11.6 Å². The molecule has 1 aliphatic carbocycles. The quantitative estimate of drug-likeness (QED) is 0.930. The van der Waals surface area contributed by atoms with E-state index in [1.165, 1.54) is 0 Å². The van der Waals surface area contributed by atoms with E-state index in [9.17, 15) is 4.79 Å². The lowest BCUT2D eigenvalue weighted by Crippen LogP contribution is -2.76. The fourth-order valence-corrected chi connectivity index (χ4v) is 3.36. The number of carbonyl (C=O) groups is 1. The van der Waals surface area contributed by atoms with Crippen molar-refractivity contribution in [2.75, 3.05) is 18.6 Å². The van der Waals surface area contributed by atoms with E-state index in [-0.39, 0.29) is 17.4 Å². The van der Waals surface area contributed by atoms with E-state index in [0.717, 1.165) is 16.8 Å². The smallest absolute Gasteiger partial charge is 0.247 e. The average molecular weight is 304 g/mol. The molecule has 2 rings (SSSR count). The number of rotatable bonds is 4. The van der Waals surface area contributed by atoms with Gasteiger partial charge in [-0.3, -0.25) is 4.79 Å². The molecular weight excluding hydrogens is 276 g/mol. The van der Waals surface area contributed by atoms with Crippen molar-refractivity contribution in [3.63, 3.8) is 0 Å². The summed E-state index contributed by atoms with van der Waals surface area (Å²) in [6.45, 7) is 10.7. The highest BCUT2D eigenvalue weighted by Gasteiger charge is 2.63. The van der Waals surface area contributed by atoms with Gasteiger partial charge >= 0.3 is 0 Å². The molecule has 2 N–H and O–H groups in total. The Morgan fingerprint density at radius 3 is 2.32 bits per heavy atom. The zero-order chi connectivity index (χ0) is 16.7. The van der Waals surface area contributed by atoms with E-state index in [0.29, 0.717) is 13.0 Å². The van der Waals surface area contributed by atoms with Crippen LogP contribution in [0.5, 0.6) is 0 Å². The van der Waals surface area contributed by atoms with Crippen molar-refractivity contribution in [1.82, 2.24) is 0 Å². The SMILES string of the molecule is CCOC1CC(N)(C(=O)N(C)c2cc(C)cc(C)c2)C1(C)C. The molecule has 0 heterocycles. The van der Waals surface area contributed by atoms with Gasteiger partial charge in [0.05, 0.1) is 6.10 Å². The second-order valence-corrected chi connectivity index (χ2v) is 7.05. The molecule has 0 aliphatic heterocycles. The predicted molar refractivity (Wildman–Crippen MR) is 90.1 cm³/mol. The van der Waals surface area contributed by atoms with Crippen molar-refractivity contribution in [1.29, 1.82) is 0 Å². The Hall–Kier alpha value is -1.39. The lowest BCUT2D eigenvalue weighted by molar-refractivity contribution is -0.168. The molecule has 1 saturated carbocycles. The third kappa shape index (κ3) is 2.55. The van der Waals surface area contributed by atoms with Gasteiger partial charge in [0.2, 0.25) is 5.91 Å². The van der Waals surface area contributed by atoms with E-state index in [1.807, 2.05) is 46.8 Å². The van der Waals surface area contributed by atoms with Gasteiger partial charge in [0.1, 0.15) is 5.54 Å². The molecule has 0 saturated heterocycles. The van der Waals surface area contributed by atoms with Gasteiger partial charge in [0.15, 0.2) is 0 Å². The maximum absolute atomic E-state index is 13.0. The molecule has 122 valence electrons. The molecular formula is C18H28N2O2. The van der Waals surface area contributed by atoms with Crippen LogP contribution in [0.25, 0.3) is 0 Å². The lowest BCUT2D eigenvalue weighted by atomic mass is 9.54. The molecule has 1 fully saturated rings. The standard InChI is InChI=1S/C18H28N2O2/c1-7-22-15-11-18(19,17(15,4)5)16(21)20(6)14-9-12(2)8-13(3)10-14/h8-10,15H,7,11,19H2,1-6H3. The minimum atomic E-state index is -0.876. The summed E-state index contributed by atoms with van der Waals surface area (Å²) < 4.78 is 5.71. The first-order chi connectivity index (χ1) is 10.1. The number of nitrogens with zero attached hydrogens (tertiary/aromatic N) is 1. The second kappa shape index (κ2) is 5.67. The molecule has 2 unspecified atom stereocenters. The average Bonchev–Trinajstić information content (AvgIpc) is 2.44. The Morgan fingerprint density at radius 1 is 1.32 bits per heavy atom. The van der Waals surface area contributed by atoms with Crippen LogP contribution >= 0.6 is 0 Å². The lowest BCUT2D eigenvalue weighted by Gasteiger charge is -2.58. The van der Waals surface area contributed by atoms with E-state index in [1.54, 1.807) is 11.9 Å². The van der Waals surface area contributed by atoms with Crippen LogP contribution in [-0.4, -0.2) is 31.2 Å². The number of aryl methyl sites for hydroxylation is 2. The highest BCUT2D eigenvalue weighted by Crippen LogP contribution is 2.50. The number of likely N-dealkylation sites (N-methyl/N-ethyl adjacent to an activating group) is 1. The number of amides is 1. The van der Waals surface area contributed by atoms with Crippen LogP contribution in [0.15, 0.2) is 18.2 Å². The monoisotopic (exact) mass is 304 g/mol. The number of nitrogens with two attached hydrogens (primary N) is 1. The molecule has 1 aromatic carbocycles. The van der Waals surface area contributed by atoms with E-state index >= 15 is 0 Å². The van der Waals surface area contributed by atoms with E-state index in [4.69, 9.17) is 10.5 Å². The van der Waals surface area contributed by atoms with Gasteiger partial charge in [0, 0.05) is 31.2 Å². The fraction of sp³-hybridized carbons (Fsp3) is 0.611. The van der Waals surface area contributed by atoms with Crippen LogP contribution < -0.4 is 10.6 Å². The highest BCUT2D eigenvalue weighted by molar-refractivity contribution is 6.01. The molecule has 0 aromatic heterocycles. The van der Waals surface area contributed by atoms with Crippen molar-refractivity contribution < 1.29 is 9.53 Å². The van der Waals surface area contributed by atoms with Crippen LogP contribution in [0.3, 0.4) is 0 Å². The highest BCUT2D eigenvalue weighted by atomic mass is 16.5. The summed E-state index contributed by atoms with van der Waals surface area (Å²) >= 11 is 0. The molecule has 1 amide bonds. The number of anilines is 1. The molecule has 2 atom stereocenters. The maximum Gasteiger partial charge on any atom is 0.247 e. The Balaban J connectivity index is 2.24. The normalized spacial score (nSPS) is 26.4. The molecule has 0 radical (unpaired) electrons. The summed E-state index contributed by atoms with van der Waals surface area (Å²) in [6, 6.07) is 6.12. The fourth-order valence-electron chi connectivity index (χ4n) is 3.36. The van der Waals surface area contributed by atoms with Crippen LogP contribution in [0, 0.1) is 19.3 Å². The molecule has 0 spiro atoms. The van der Waals surface area contributed by atoms with Crippen molar-refractivity contribution in [3.05, 3.63) is 29.3 Å². The van der Waals surface area contributed by atoms with Gasteiger partial charge in [0.25, 0.3) is 0 Å². The summed E-state index contributed by atoms with van der Waals surface area (Å²) in [6.07, 6.45) is 0.612. The zero-order valence-corrected chi connectivity index (χ0v) is 14.6. The van der Waals surface area contributed by atoms with Gasteiger partial charge in [-0.15, -0.1) is 0 Å². The van der Waals surface area contributed by atoms with Crippen molar-refractivity contribution in [2.45, 2.75) is 52.7 Å². The summed E-state index contributed by atoms with van der Waals surface area (Å²) in [5.41, 5.74) is 8.42. The summed E-state index contributed by atoms with van der Waals surface area (Å²) in [7, 11) is 1.80. The Labute approximate surface area is 133 Å². The van der Waals surface area contributed by atoms with Crippen LogP contribution in [0.4, 0.5) is 5.69 Å². The summed E-state index contributed by atoms with van der Waals surface area (Å²) in [5.74, 6) is -0.0431. The minimum Gasteiger partial charge on any atom is -0.378 e.